The van der Waals surface area contributed by atoms with Gasteiger partial charge in [-0.15, -0.1) is 0 Å². The monoisotopic (exact) mass is 403 g/mol. The summed E-state index contributed by atoms with van der Waals surface area (Å²) in [5.74, 6) is 0.413. The number of hydrogen-bond acceptors (Lipinski definition) is 4. The molecule has 3 aromatic rings. The second-order valence-electron chi connectivity index (χ2n) is 7.36. The largest absolute Gasteiger partial charge is 0.489 e. The number of para-hydroxylation sites is 1. The second-order valence-corrected chi connectivity index (χ2v) is 7.36. The average molecular weight is 403 g/mol. The lowest BCUT2D eigenvalue weighted by molar-refractivity contribution is -0.139. The fourth-order valence-corrected chi connectivity index (χ4v) is 3.90. The highest BCUT2D eigenvalue weighted by Gasteiger charge is 2.27. The van der Waals surface area contributed by atoms with Crippen molar-refractivity contribution in [2.75, 3.05) is 19.8 Å². The first-order valence-electron chi connectivity index (χ1n) is 10.2. The molecule has 1 unspecified atom stereocenters. The van der Waals surface area contributed by atoms with Crippen molar-refractivity contribution in [2.24, 2.45) is 0 Å². The zero-order valence-electron chi connectivity index (χ0n) is 16.7. The lowest BCUT2D eigenvalue weighted by Gasteiger charge is -2.21. The van der Waals surface area contributed by atoms with Crippen molar-refractivity contribution in [3.05, 3.63) is 95.6 Å². The predicted octanol–water partition coefficient (Wildman–Crippen LogP) is 4.40. The van der Waals surface area contributed by atoms with Crippen LogP contribution in [0.4, 0.5) is 0 Å². The molecule has 1 atom stereocenters. The van der Waals surface area contributed by atoms with Crippen LogP contribution in [-0.4, -0.2) is 30.8 Å². The van der Waals surface area contributed by atoms with Crippen LogP contribution in [-0.2, 0) is 4.79 Å². The van der Waals surface area contributed by atoms with Crippen LogP contribution in [0.5, 0.6) is 11.5 Å². The molecule has 0 fully saturated rings. The molecule has 3 aromatic carbocycles. The summed E-state index contributed by atoms with van der Waals surface area (Å²) in [7, 11) is 0. The summed E-state index contributed by atoms with van der Waals surface area (Å²) in [4.78, 5) is 10.8. The smallest absolute Gasteiger partial charge is 0.341 e. The Kier molecular flexibility index (Phi) is 6.30. The molecule has 2 N–H and O–H groups in total. The van der Waals surface area contributed by atoms with Gasteiger partial charge in [0.05, 0.1) is 12.6 Å². The Labute approximate surface area is 176 Å². The lowest BCUT2D eigenvalue weighted by Crippen LogP contribution is -2.25. The van der Waals surface area contributed by atoms with E-state index in [9.17, 15) is 4.79 Å². The van der Waals surface area contributed by atoms with E-state index >= 15 is 0 Å². The highest BCUT2D eigenvalue weighted by molar-refractivity contribution is 5.68. The predicted molar refractivity (Wildman–Crippen MR) is 115 cm³/mol. The molecule has 0 aromatic heterocycles. The van der Waals surface area contributed by atoms with Crippen molar-refractivity contribution in [1.82, 2.24) is 5.32 Å². The van der Waals surface area contributed by atoms with Crippen LogP contribution in [0.25, 0.3) is 0 Å². The van der Waals surface area contributed by atoms with Crippen LogP contribution in [0.1, 0.15) is 35.1 Å². The molecule has 5 nitrogen and oxygen atoms in total. The Bertz CT molecular complexity index is 935. The summed E-state index contributed by atoms with van der Waals surface area (Å²) in [6.45, 7) is 1.02. The first-order chi connectivity index (χ1) is 14.7. The van der Waals surface area contributed by atoms with Crippen LogP contribution in [0, 0.1) is 0 Å². The minimum atomic E-state index is -1.00. The number of carbonyl (C=O) groups is 1. The van der Waals surface area contributed by atoms with Crippen LogP contribution in [0.2, 0.25) is 0 Å². The Balaban J connectivity index is 1.43. The van der Waals surface area contributed by atoms with Gasteiger partial charge in [-0.2, -0.15) is 0 Å². The molecule has 5 heteroatoms. The van der Waals surface area contributed by atoms with E-state index in [4.69, 9.17) is 14.6 Å². The third-order valence-corrected chi connectivity index (χ3v) is 5.34. The summed E-state index contributed by atoms with van der Waals surface area (Å²) in [5, 5.41) is 12.6. The van der Waals surface area contributed by atoms with Gasteiger partial charge in [0.25, 0.3) is 0 Å². The molecule has 0 saturated heterocycles. The third-order valence-electron chi connectivity index (χ3n) is 5.34. The fourth-order valence-electron chi connectivity index (χ4n) is 3.90. The van der Waals surface area contributed by atoms with Crippen molar-refractivity contribution in [1.29, 1.82) is 0 Å². The number of aliphatic carboxylic acids is 1. The van der Waals surface area contributed by atoms with E-state index in [1.807, 2.05) is 24.3 Å². The molecule has 30 heavy (non-hydrogen) atoms. The average Bonchev–Trinajstić information content (AvgIpc) is 3.20. The summed E-state index contributed by atoms with van der Waals surface area (Å²) >= 11 is 0. The van der Waals surface area contributed by atoms with Crippen molar-refractivity contribution in [3.8, 4) is 11.5 Å². The Hall–Kier alpha value is -3.31. The van der Waals surface area contributed by atoms with Gasteiger partial charge in [0.2, 0.25) is 0 Å². The molecule has 154 valence electrons. The topological polar surface area (TPSA) is 67.8 Å². The zero-order chi connectivity index (χ0) is 20.8. The summed E-state index contributed by atoms with van der Waals surface area (Å²) in [6.07, 6.45) is 0.908. The molecule has 0 amide bonds. The van der Waals surface area contributed by atoms with E-state index in [-0.39, 0.29) is 18.6 Å². The molecule has 0 aliphatic carbocycles. The summed E-state index contributed by atoms with van der Waals surface area (Å²) in [5.41, 5.74) is 3.54. The first-order valence-corrected chi connectivity index (χ1v) is 10.2. The number of carboxylic acid groups (broad SMARTS) is 1. The first kappa shape index (κ1) is 20.0. The van der Waals surface area contributed by atoms with E-state index in [0.717, 1.165) is 18.5 Å². The Morgan fingerprint density at radius 1 is 1.00 bits per heavy atom. The number of nitrogens with one attached hydrogen (secondary N) is 1. The van der Waals surface area contributed by atoms with Gasteiger partial charge in [-0.25, -0.2) is 4.79 Å². The van der Waals surface area contributed by atoms with Gasteiger partial charge in [-0.3, -0.25) is 0 Å². The van der Waals surface area contributed by atoms with Gasteiger partial charge in [0.15, 0.2) is 18.1 Å². The van der Waals surface area contributed by atoms with Gasteiger partial charge in [0.1, 0.15) is 0 Å². The van der Waals surface area contributed by atoms with Crippen LogP contribution < -0.4 is 14.8 Å². The number of rotatable bonds is 9. The number of carboxylic acids is 1. The van der Waals surface area contributed by atoms with E-state index in [1.165, 1.54) is 11.1 Å². The molecule has 0 radical (unpaired) electrons. The third kappa shape index (κ3) is 4.63. The minimum Gasteiger partial charge on any atom is -0.489 e. The maximum absolute atomic E-state index is 10.8. The molecule has 4 rings (SSSR count). The van der Waals surface area contributed by atoms with E-state index in [0.29, 0.717) is 18.1 Å². The Morgan fingerprint density at radius 3 is 2.30 bits per heavy atom. The van der Waals surface area contributed by atoms with Crippen molar-refractivity contribution in [2.45, 2.75) is 18.4 Å². The molecular formula is C25H25NO4. The number of fused-ring (bicyclic) bond motifs is 1. The maximum Gasteiger partial charge on any atom is 0.341 e. The van der Waals surface area contributed by atoms with Crippen molar-refractivity contribution >= 4 is 5.97 Å². The maximum atomic E-state index is 10.8. The molecule has 0 bridgehead atoms. The molecule has 1 heterocycles. The fraction of sp³-hybridized carbons (Fsp3) is 0.240. The standard InChI is InChI=1S/C25H25NO4/c27-23(28)17-29-22-13-7-12-21-20(16-30-25(21)22)14-15-26-24(18-8-3-1-4-9-18)19-10-5-2-6-11-19/h1-13,20,24,26H,14-17H2,(H,27,28). The normalized spacial score (nSPS) is 14.9. The second kappa shape index (κ2) is 9.46. The number of ether oxygens (including phenoxy) is 2. The minimum absolute atomic E-state index is 0.124. The Morgan fingerprint density at radius 2 is 1.67 bits per heavy atom. The van der Waals surface area contributed by atoms with Crippen LogP contribution >= 0.6 is 0 Å². The quantitative estimate of drug-likeness (QED) is 0.554. The van der Waals surface area contributed by atoms with Crippen molar-refractivity contribution < 1.29 is 19.4 Å². The molecule has 1 aliphatic heterocycles. The summed E-state index contributed by atoms with van der Waals surface area (Å²) in [6, 6.07) is 26.7. The van der Waals surface area contributed by atoms with Gasteiger partial charge in [-0.1, -0.05) is 72.8 Å². The van der Waals surface area contributed by atoms with E-state index in [2.05, 4.69) is 53.8 Å². The number of benzene rings is 3. The highest BCUT2D eigenvalue weighted by atomic mass is 16.5. The zero-order valence-corrected chi connectivity index (χ0v) is 16.7. The van der Waals surface area contributed by atoms with Gasteiger partial charge in [0, 0.05) is 11.5 Å². The molecule has 1 aliphatic rings. The van der Waals surface area contributed by atoms with E-state index < -0.39 is 5.97 Å². The summed E-state index contributed by atoms with van der Waals surface area (Å²) < 4.78 is 11.2. The molecular weight excluding hydrogens is 378 g/mol. The number of hydrogen-bond donors (Lipinski definition) is 2. The molecule has 0 saturated carbocycles. The SMILES string of the molecule is O=C(O)COc1cccc2c1OCC2CCNC(c1ccccc1)c1ccccc1. The van der Waals surface area contributed by atoms with Gasteiger partial charge >= 0.3 is 5.97 Å². The molecule has 0 spiro atoms. The van der Waals surface area contributed by atoms with Crippen LogP contribution in [0.15, 0.2) is 78.9 Å². The van der Waals surface area contributed by atoms with Crippen molar-refractivity contribution in [3.63, 3.8) is 0 Å². The lowest BCUT2D eigenvalue weighted by atomic mass is 9.96. The van der Waals surface area contributed by atoms with Gasteiger partial charge < -0.3 is 19.9 Å². The van der Waals surface area contributed by atoms with Gasteiger partial charge in [-0.05, 0) is 30.2 Å². The highest BCUT2D eigenvalue weighted by Crippen LogP contribution is 2.42. The van der Waals surface area contributed by atoms with Crippen LogP contribution in [0.3, 0.4) is 0 Å². The van der Waals surface area contributed by atoms with E-state index in [1.54, 1.807) is 6.07 Å².